The predicted octanol–water partition coefficient (Wildman–Crippen LogP) is 4.98. The third-order valence-corrected chi connectivity index (χ3v) is 8.80. The van der Waals surface area contributed by atoms with Crippen LogP contribution in [0.15, 0.2) is 61.1 Å². The molecule has 14 heteroatoms. The summed E-state index contributed by atoms with van der Waals surface area (Å²) in [5, 5.41) is 14.9. The highest BCUT2D eigenvalue weighted by atomic mass is 35.5. The first-order valence-electron chi connectivity index (χ1n) is 15.4. The highest BCUT2D eigenvalue weighted by Gasteiger charge is 2.21. The van der Waals surface area contributed by atoms with Crippen LogP contribution in [0.4, 0.5) is 0 Å². The lowest BCUT2D eigenvalue weighted by Gasteiger charge is -2.15. The van der Waals surface area contributed by atoms with Crippen molar-refractivity contribution in [1.82, 2.24) is 45.7 Å². The monoisotopic (exact) mass is 687 g/mol. The number of hydrogen-bond acceptors (Lipinski definition) is 10. The fourth-order valence-electron chi connectivity index (χ4n) is 5.56. The van der Waals surface area contributed by atoms with E-state index in [9.17, 15) is 4.79 Å². The zero-order valence-electron chi connectivity index (χ0n) is 26.8. The molecule has 0 unspecified atom stereocenters. The van der Waals surface area contributed by atoms with E-state index in [2.05, 4.69) is 31.0 Å². The van der Waals surface area contributed by atoms with Crippen LogP contribution in [-0.2, 0) is 31.5 Å². The van der Waals surface area contributed by atoms with Crippen LogP contribution in [0, 0.1) is 0 Å². The number of carbonyl (C=O) groups is 1. The fourth-order valence-corrected chi connectivity index (χ4v) is 6.21. The number of nitrogens with one attached hydrogen (secondary N) is 3. The van der Waals surface area contributed by atoms with Crippen LogP contribution >= 0.6 is 23.2 Å². The van der Waals surface area contributed by atoms with E-state index in [0.29, 0.717) is 88.3 Å². The molecule has 1 aliphatic heterocycles. The highest BCUT2D eigenvalue weighted by molar-refractivity contribution is 6.39. The van der Waals surface area contributed by atoms with Gasteiger partial charge >= 0.3 is 0 Å². The molecule has 48 heavy (non-hydrogen) atoms. The van der Waals surface area contributed by atoms with Gasteiger partial charge in [0.25, 0.3) is 0 Å². The van der Waals surface area contributed by atoms with E-state index in [1.165, 1.54) is 0 Å². The second-order valence-corrected chi connectivity index (χ2v) is 12.0. The summed E-state index contributed by atoms with van der Waals surface area (Å²) in [6.45, 7) is 2.12. The second kappa shape index (κ2) is 15.1. The molecule has 1 fully saturated rings. The van der Waals surface area contributed by atoms with Gasteiger partial charge in [0.15, 0.2) is 0 Å². The summed E-state index contributed by atoms with van der Waals surface area (Å²) < 4.78 is 12.9. The molecule has 3 N–H and O–H groups in total. The summed E-state index contributed by atoms with van der Waals surface area (Å²) in [5.74, 6) is 0.874. The molecule has 248 valence electrons. The topological polar surface area (TPSA) is 141 Å². The fraction of sp³-hybridized carbons (Fsp3) is 0.294. The van der Waals surface area contributed by atoms with Gasteiger partial charge in [0.1, 0.15) is 11.4 Å². The normalized spacial score (nSPS) is 14.3. The van der Waals surface area contributed by atoms with Gasteiger partial charge in [0, 0.05) is 74.1 Å². The predicted molar refractivity (Wildman–Crippen MR) is 184 cm³/mol. The number of methoxy groups -OCH3 is 2. The van der Waals surface area contributed by atoms with Crippen molar-refractivity contribution in [2.24, 2.45) is 7.05 Å². The van der Waals surface area contributed by atoms with Crippen LogP contribution in [-0.4, -0.2) is 62.4 Å². The van der Waals surface area contributed by atoms with E-state index in [4.69, 9.17) is 42.6 Å². The lowest BCUT2D eigenvalue weighted by molar-refractivity contribution is -0.119. The third-order valence-electron chi connectivity index (χ3n) is 7.98. The van der Waals surface area contributed by atoms with Crippen LogP contribution in [0.3, 0.4) is 0 Å². The van der Waals surface area contributed by atoms with Gasteiger partial charge in [0.2, 0.25) is 17.7 Å². The molecular weight excluding hydrogens is 653 g/mol. The van der Waals surface area contributed by atoms with Crippen molar-refractivity contribution in [3.8, 4) is 45.4 Å². The molecule has 1 aliphatic rings. The molecule has 0 bridgehead atoms. The Bertz CT molecular complexity index is 1930. The van der Waals surface area contributed by atoms with Crippen molar-refractivity contribution in [3.63, 3.8) is 0 Å². The van der Waals surface area contributed by atoms with E-state index >= 15 is 0 Å². The van der Waals surface area contributed by atoms with Crippen LogP contribution in [0.1, 0.15) is 29.9 Å². The van der Waals surface area contributed by atoms with Gasteiger partial charge in [-0.15, -0.1) is 0 Å². The summed E-state index contributed by atoms with van der Waals surface area (Å²) in [6, 6.07) is 13.4. The SMILES string of the molecule is COc1nc(-c2cccc(-c3cccc(-c4cnc(CNC[C@@H]5CCC(=O)N5)c(OC)n4)c3Cl)c2Cl)cnc1CNCc1ccn(C)n1. The first-order chi connectivity index (χ1) is 23.3. The number of carbonyl (C=O) groups excluding carboxylic acids is 1. The summed E-state index contributed by atoms with van der Waals surface area (Å²) in [4.78, 5) is 30.2. The quantitative estimate of drug-likeness (QED) is 0.155. The van der Waals surface area contributed by atoms with Crippen molar-refractivity contribution in [1.29, 1.82) is 0 Å². The molecule has 0 radical (unpaired) electrons. The smallest absolute Gasteiger partial charge is 0.237 e. The van der Waals surface area contributed by atoms with Crippen molar-refractivity contribution < 1.29 is 14.3 Å². The molecule has 2 aromatic carbocycles. The highest BCUT2D eigenvalue weighted by Crippen LogP contribution is 2.42. The standard InChI is InChI=1S/C34H35Cl2N9O3/c1-45-13-12-21(44-45)15-38-17-29-34(48-3)43-27(19-40-29)25-9-5-7-23(32(25)36)22-6-4-8-24(31(22)35)26-18-39-28(33(42-26)47-2)16-37-14-20-10-11-30(46)41-20/h4-9,12-13,18-20,37-38H,10-11,14-17H2,1-3H3,(H,41,46)/t20-/m0/s1. The molecule has 12 nitrogen and oxygen atoms in total. The van der Waals surface area contributed by atoms with Crippen molar-refractivity contribution >= 4 is 29.1 Å². The molecule has 3 aromatic heterocycles. The molecule has 1 atom stereocenters. The largest absolute Gasteiger partial charge is 0.480 e. The molecule has 0 saturated carbocycles. The van der Waals surface area contributed by atoms with Gasteiger partial charge in [-0.05, 0) is 12.5 Å². The zero-order valence-corrected chi connectivity index (χ0v) is 28.3. The Balaban J connectivity index is 1.21. The Hall–Kier alpha value is -4.62. The van der Waals surface area contributed by atoms with Crippen LogP contribution in [0.25, 0.3) is 33.6 Å². The lowest BCUT2D eigenvalue weighted by atomic mass is 9.98. The molecule has 0 aliphatic carbocycles. The Morgan fingerprint density at radius 2 is 1.40 bits per heavy atom. The van der Waals surface area contributed by atoms with Crippen molar-refractivity contribution in [2.75, 3.05) is 20.8 Å². The number of ether oxygens (including phenoxy) is 2. The zero-order chi connectivity index (χ0) is 33.6. The number of amides is 1. The van der Waals surface area contributed by atoms with Crippen LogP contribution < -0.4 is 25.4 Å². The van der Waals surface area contributed by atoms with Gasteiger partial charge in [0.05, 0.1) is 53.7 Å². The van der Waals surface area contributed by atoms with Crippen molar-refractivity contribution in [2.45, 2.75) is 38.5 Å². The molecule has 6 rings (SSSR count). The minimum Gasteiger partial charge on any atom is -0.480 e. The number of hydrogen-bond donors (Lipinski definition) is 3. The van der Waals surface area contributed by atoms with E-state index in [1.807, 2.05) is 55.7 Å². The number of nitrogens with zero attached hydrogens (tertiary/aromatic N) is 6. The Labute approximate surface area is 288 Å². The Kier molecular flexibility index (Phi) is 10.5. The molecule has 1 amide bonds. The molecule has 0 spiro atoms. The third kappa shape index (κ3) is 7.42. The van der Waals surface area contributed by atoms with E-state index in [1.54, 1.807) is 31.3 Å². The van der Waals surface area contributed by atoms with Gasteiger partial charge in [-0.3, -0.25) is 19.4 Å². The molecule has 1 saturated heterocycles. The maximum absolute atomic E-state index is 11.5. The molecular formula is C34H35Cl2N9O3. The number of halogens is 2. The number of aromatic nitrogens is 6. The van der Waals surface area contributed by atoms with Crippen LogP contribution in [0.2, 0.25) is 10.0 Å². The average Bonchev–Trinajstić information content (AvgIpc) is 3.72. The minimum absolute atomic E-state index is 0.0833. The van der Waals surface area contributed by atoms with Gasteiger partial charge in [-0.2, -0.15) is 5.10 Å². The Morgan fingerprint density at radius 1 is 0.833 bits per heavy atom. The summed E-state index contributed by atoms with van der Waals surface area (Å²) in [6.07, 6.45) is 6.63. The Morgan fingerprint density at radius 3 is 1.90 bits per heavy atom. The van der Waals surface area contributed by atoms with E-state index < -0.39 is 0 Å². The van der Waals surface area contributed by atoms with Gasteiger partial charge < -0.3 is 25.4 Å². The summed E-state index contributed by atoms with van der Waals surface area (Å²) in [5.41, 5.74) is 6.18. The van der Waals surface area contributed by atoms with Gasteiger partial charge in [-0.25, -0.2) is 9.97 Å². The second-order valence-electron chi connectivity index (χ2n) is 11.3. The van der Waals surface area contributed by atoms with Gasteiger partial charge in [-0.1, -0.05) is 59.6 Å². The average molecular weight is 689 g/mol. The minimum atomic E-state index is 0.0833. The van der Waals surface area contributed by atoms with Crippen LogP contribution in [0.5, 0.6) is 11.8 Å². The number of aryl methyl sites for hydroxylation is 1. The van der Waals surface area contributed by atoms with Crippen molar-refractivity contribution in [3.05, 3.63) is 88.2 Å². The number of rotatable bonds is 13. The summed E-state index contributed by atoms with van der Waals surface area (Å²) in [7, 11) is 5.01. The number of benzene rings is 2. The maximum atomic E-state index is 11.5. The maximum Gasteiger partial charge on any atom is 0.237 e. The lowest BCUT2D eigenvalue weighted by Crippen LogP contribution is -2.35. The van der Waals surface area contributed by atoms with E-state index in [-0.39, 0.29) is 11.9 Å². The molecule has 4 heterocycles. The first-order valence-corrected chi connectivity index (χ1v) is 16.2. The van der Waals surface area contributed by atoms with E-state index in [0.717, 1.165) is 23.2 Å². The summed E-state index contributed by atoms with van der Waals surface area (Å²) >= 11 is 14.1. The first kappa shape index (κ1) is 33.3. The molecule has 5 aromatic rings.